The number of hydrogen-bond acceptors (Lipinski definition) is 9. The highest BCUT2D eigenvalue weighted by atomic mass is 32.2. The second kappa shape index (κ2) is 11.2. The Balaban J connectivity index is 1.28. The zero-order valence-corrected chi connectivity index (χ0v) is 22.0. The van der Waals surface area contributed by atoms with E-state index in [-0.39, 0.29) is 4.21 Å². The Morgan fingerprint density at radius 2 is 1.78 bits per heavy atom. The monoisotopic (exact) mass is 553 g/mol. The minimum Gasteiger partial charge on any atom is -0.378 e. The van der Waals surface area contributed by atoms with Crippen LogP contribution in [0.25, 0.3) is 11.3 Å². The van der Waals surface area contributed by atoms with E-state index in [0.717, 1.165) is 45.7 Å². The van der Waals surface area contributed by atoms with Crippen LogP contribution in [0.15, 0.2) is 81.4 Å². The molecule has 9 nitrogen and oxygen atoms in total. The highest BCUT2D eigenvalue weighted by Crippen LogP contribution is 2.32. The third-order valence-corrected chi connectivity index (χ3v) is 9.31. The normalized spacial score (nSPS) is 14.1. The molecule has 2 N–H and O–H groups in total. The molecule has 0 atom stereocenters. The molecule has 0 saturated carbocycles. The minimum atomic E-state index is -3.65. The van der Waals surface area contributed by atoms with Crippen LogP contribution in [0.1, 0.15) is 15.2 Å². The Labute approximate surface area is 222 Å². The topological polar surface area (TPSA) is 113 Å². The first-order valence-electron chi connectivity index (χ1n) is 11.4. The van der Waals surface area contributed by atoms with E-state index in [1.807, 2.05) is 30.3 Å². The summed E-state index contributed by atoms with van der Waals surface area (Å²) in [5.41, 5.74) is 5.01. The molecule has 5 rings (SSSR count). The largest absolute Gasteiger partial charge is 0.378 e. The number of sulfonamides is 1. The number of rotatable bonds is 8. The minimum absolute atomic E-state index is 0.221. The van der Waals surface area contributed by atoms with Gasteiger partial charge in [0.15, 0.2) is 5.13 Å². The first-order chi connectivity index (χ1) is 18.0. The van der Waals surface area contributed by atoms with E-state index < -0.39 is 15.9 Å². The summed E-state index contributed by atoms with van der Waals surface area (Å²) >= 11 is 2.64. The summed E-state index contributed by atoms with van der Waals surface area (Å²) in [7, 11) is -3.65. The quantitative estimate of drug-likeness (QED) is 0.249. The fourth-order valence-electron chi connectivity index (χ4n) is 3.63. The number of benzene rings is 2. The average Bonchev–Trinajstić information content (AvgIpc) is 3.61. The standard InChI is InChI=1S/C25H23N5O4S3/c31-24(19-8-10-20(11-9-19)29-37(32,33)22-7-4-16-35-22)28-26-17-21-23(18-5-2-1-3-6-18)27-25(36-21)30-12-14-34-15-13-30/h1-11,16-17,29H,12-15H2,(H,28,31)/b26-17-. The van der Waals surface area contributed by atoms with E-state index in [2.05, 4.69) is 20.1 Å². The number of thiophene rings is 1. The van der Waals surface area contributed by atoms with Crippen molar-refractivity contribution >= 4 is 55.6 Å². The Morgan fingerprint density at radius 3 is 2.49 bits per heavy atom. The fourth-order valence-corrected chi connectivity index (χ4v) is 6.69. The molecule has 3 heterocycles. The van der Waals surface area contributed by atoms with Gasteiger partial charge in [0.1, 0.15) is 4.21 Å². The van der Waals surface area contributed by atoms with E-state index in [9.17, 15) is 13.2 Å². The van der Waals surface area contributed by atoms with Gasteiger partial charge in [-0.25, -0.2) is 18.8 Å². The van der Waals surface area contributed by atoms with Crippen molar-refractivity contribution in [1.29, 1.82) is 0 Å². The summed E-state index contributed by atoms with van der Waals surface area (Å²) in [5.74, 6) is -0.414. The molecule has 2 aromatic carbocycles. The molecular weight excluding hydrogens is 531 g/mol. The van der Waals surface area contributed by atoms with Crippen LogP contribution in [0.5, 0.6) is 0 Å². The number of nitrogens with zero attached hydrogens (tertiary/aromatic N) is 3. The van der Waals surface area contributed by atoms with Gasteiger partial charge in [-0.2, -0.15) is 5.10 Å². The number of amides is 1. The van der Waals surface area contributed by atoms with E-state index in [4.69, 9.17) is 9.72 Å². The maximum atomic E-state index is 12.6. The van der Waals surface area contributed by atoms with Gasteiger partial charge in [-0.15, -0.1) is 11.3 Å². The number of carbonyl (C=O) groups excluding carboxylic acids is 1. The fraction of sp³-hybridized carbons (Fsp3) is 0.160. The molecule has 0 unspecified atom stereocenters. The third-order valence-electron chi connectivity index (χ3n) is 5.48. The predicted molar refractivity (Wildman–Crippen MR) is 147 cm³/mol. The SMILES string of the molecule is O=C(N/N=C\c1sc(N2CCOCC2)nc1-c1ccccc1)c1ccc(NS(=O)(=O)c2cccs2)cc1. The maximum Gasteiger partial charge on any atom is 0.271 e. The lowest BCUT2D eigenvalue weighted by Crippen LogP contribution is -2.36. The number of nitrogens with one attached hydrogen (secondary N) is 2. The van der Waals surface area contributed by atoms with Crippen molar-refractivity contribution in [3.63, 3.8) is 0 Å². The molecule has 190 valence electrons. The van der Waals surface area contributed by atoms with Gasteiger partial charge in [-0.3, -0.25) is 9.52 Å². The van der Waals surface area contributed by atoms with Gasteiger partial charge in [0.2, 0.25) is 0 Å². The average molecular weight is 554 g/mol. The summed E-state index contributed by atoms with van der Waals surface area (Å²) in [5, 5.41) is 6.75. The third kappa shape index (κ3) is 6.05. The highest BCUT2D eigenvalue weighted by Gasteiger charge is 2.19. The van der Waals surface area contributed by atoms with Crippen LogP contribution in [0, 0.1) is 0 Å². The van der Waals surface area contributed by atoms with E-state index in [1.165, 1.54) is 41.7 Å². The highest BCUT2D eigenvalue weighted by molar-refractivity contribution is 7.94. The van der Waals surface area contributed by atoms with Gasteiger partial charge >= 0.3 is 0 Å². The summed E-state index contributed by atoms with van der Waals surface area (Å²) in [6.07, 6.45) is 1.60. The number of morpholine rings is 1. The second-order valence-corrected chi connectivity index (χ2v) is 11.9. The lowest BCUT2D eigenvalue weighted by atomic mass is 10.1. The van der Waals surface area contributed by atoms with Crippen molar-refractivity contribution in [3.8, 4) is 11.3 Å². The summed E-state index contributed by atoms with van der Waals surface area (Å²) < 4.78 is 32.9. The Kier molecular flexibility index (Phi) is 7.60. The smallest absolute Gasteiger partial charge is 0.271 e. The number of ether oxygens (including phenoxy) is 1. The molecule has 1 aliphatic heterocycles. The zero-order chi connectivity index (χ0) is 25.7. The van der Waals surface area contributed by atoms with Crippen LogP contribution in [-0.2, 0) is 14.8 Å². The lowest BCUT2D eigenvalue weighted by molar-refractivity contribution is 0.0955. The van der Waals surface area contributed by atoms with Crippen LogP contribution >= 0.6 is 22.7 Å². The Bertz CT molecular complexity index is 1480. The molecule has 1 fully saturated rings. The summed E-state index contributed by atoms with van der Waals surface area (Å²) in [6, 6.07) is 19.2. The first-order valence-corrected chi connectivity index (χ1v) is 14.6. The first kappa shape index (κ1) is 25.1. The van der Waals surface area contributed by atoms with E-state index >= 15 is 0 Å². The predicted octanol–water partition coefficient (Wildman–Crippen LogP) is 4.27. The van der Waals surface area contributed by atoms with Gasteiger partial charge in [0, 0.05) is 29.9 Å². The van der Waals surface area contributed by atoms with Crippen molar-refractivity contribution in [2.75, 3.05) is 35.9 Å². The molecule has 2 aromatic heterocycles. The van der Waals surface area contributed by atoms with Crippen molar-refractivity contribution in [2.45, 2.75) is 4.21 Å². The zero-order valence-electron chi connectivity index (χ0n) is 19.5. The molecule has 12 heteroatoms. The number of aromatic nitrogens is 1. The molecule has 0 radical (unpaired) electrons. The van der Waals surface area contributed by atoms with Crippen molar-refractivity contribution < 1.29 is 17.9 Å². The number of hydrogen-bond donors (Lipinski definition) is 2. The summed E-state index contributed by atoms with van der Waals surface area (Å²) in [4.78, 5) is 20.5. The van der Waals surface area contributed by atoms with E-state index in [1.54, 1.807) is 17.7 Å². The van der Waals surface area contributed by atoms with Gasteiger partial charge in [-0.05, 0) is 35.7 Å². The van der Waals surface area contributed by atoms with E-state index in [0.29, 0.717) is 24.5 Å². The number of hydrazone groups is 1. The Morgan fingerprint density at radius 1 is 1.03 bits per heavy atom. The molecule has 0 aliphatic carbocycles. The molecular formula is C25H23N5O4S3. The second-order valence-electron chi connectivity index (χ2n) is 7.99. The van der Waals surface area contributed by atoms with Crippen LogP contribution in [0.2, 0.25) is 0 Å². The number of thiazole rings is 1. The van der Waals surface area contributed by atoms with Gasteiger partial charge in [0.05, 0.1) is 30.0 Å². The molecule has 0 bridgehead atoms. The Hall–Kier alpha value is -3.58. The van der Waals surface area contributed by atoms with Crippen LogP contribution < -0.4 is 15.0 Å². The number of carbonyl (C=O) groups is 1. The van der Waals surface area contributed by atoms with Crippen LogP contribution in [-0.4, -0.2) is 51.8 Å². The molecule has 4 aromatic rings. The molecule has 0 spiro atoms. The maximum absolute atomic E-state index is 12.6. The molecule has 37 heavy (non-hydrogen) atoms. The van der Waals surface area contributed by atoms with Crippen molar-refractivity contribution in [2.24, 2.45) is 5.10 Å². The van der Waals surface area contributed by atoms with Crippen molar-refractivity contribution in [3.05, 3.63) is 82.6 Å². The van der Waals surface area contributed by atoms with Crippen LogP contribution in [0.4, 0.5) is 10.8 Å². The van der Waals surface area contributed by atoms with Gasteiger partial charge in [0.25, 0.3) is 15.9 Å². The van der Waals surface area contributed by atoms with Gasteiger partial charge in [-0.1, -0.05) is 47.7 Å². The van der Waals surface area contributed by atoms with Gasteiger partial charge < -0.3 is 9.64 Å². The lowest BCUT2D eigenvalue weighted by Gasteiger charge is -2.26. The summed E-state index contributed by atoms with van der Waals surface area (Å²) in [6.45, 7) is 2.87. The van der Waals surface area contributed by atoms with Crippen molar-refractivity contribution in [1.82, 2.24) is 10.4 Å². The molecule has 1 aliphatic rings. The number of anilines is 2. The molecule has 1 amide bonds. The van der Waals surface area contributed by atoms with Crippen LogP contribution in [0.3, 0.4) is 0 Å². The molecule has 1 saturated heterocycles.